The number of Topliss-reactive ketones (excluding diaryl/α,β-unsaturated/α-hetero) is 1. The fraction of sp³-hybridized carbons (Fsp3) is 0.286. The molecule has 1 amide bonds. The Bertz CT molecular complexity index is 1390. The second-order valence-electron chi connectivity index (χ2n) is 9.27. The second-order valence-corrected chi connectivity index (χ2v) is 9.71. The van der Waals surface area contributed by atoms with Crippen molar-refractivity contribution >= 4 is 47.1 Å². The van der Waals surface area contributed by atoms with Gasteiger partial charge in [-0.15, -0.1) is 0 Å². The molecule has 0 saturated carbocycles. The fourth-order valence-electron chi connectivity index (χ4n) is 4.03. The molecule has 1 heterocycles. The molecule has 0 unspecified atom stereocenters. The summed E-state index contributed by atoms with van der Waals surface area (Å²) < 4.78 is 27.6. The van der Waals surface area contributed by atoms with Crippen LogP contribution in [0.5, 0.6) is 0 Å². The molecular formula is C28H33ClF2N8O2. The molecule has 41 heavy (non-hydrogen) atoms. The first-order valence-electron chi connectivity index (χ1n) is 12.8. The summed E-state index contributed by atoms with van der Waals surface area (Å²) in [6.07, 6.45) is 5.91. The van der Waals surface area contributed by atoms with Crippen molar-refractivity contribution in [3.8, 4) is 11.3 Å². The summed E-state index contributed by atoms with van der Waals surface area (Å²) in [5.74, 6) is 6.60. The molecule has 10 nitrogen and oxygen atoms in total. The lowest BCUT2D eigenvalue weighted by atomic mass is 10.0. The van der Waals surface area contributed by atoms with Crippen LogP contribution in [0.1, 0.15) is 50.0 Å². The number of carbonyl (C=O) groups is 2. The molecule has 3 rings (SSSR count). The normalized spacial score (nSPS) is 12.5. The number of nitrogens with zero attached hydrogens (tertiary/aromatic N) is 3. The third-order valence-corrected chi connectivity index (χ3v) is 6.57. The minimum absolute atomic E-state index is 0.0920. The van der Waals surface area contributed by atoms with Crippen LogP contribution in [0.4, 0.5) is 20.2 Å². The number of alkyl halides is 2. The second kappa shape index (κ2) is 14.4. The van der Waals surface area contributed by atoms with Crippen molar-refractivity contribution in [2.75, 3.05) is 17.4 Å². The Hall–Kier alpha value is -4.29. The molecule has 0 spiro atoms. The van der Waals surface area contributed by atoms with Crippen LogP contribution in [-0.2, 0) is 9.59 Å². The van der Waals surface area contributed by atoms with E-state index in [1.54, 1.807) is 24.4 Å². The number of unbranched alkanes of at least 4 members (excludes halogenated alkanes) is 1. The van der Waals surface area contributed by atoms with E-state index in [1.807, 2.05) is 31.3 Å². The SMILES string of the molecule is CNc1ccc(-c2c[nH]c([C@H](CCCCC(F)(F)C(C)=O)NC(=O)/C=C/c3cc(Cl)ccc3N(N)/C=N\N)n2)cc1. The van der Waals surface area contributed by atoms with Crippen LogP contribution in [0.25, 0.3) is 17.3 Å². The minimum Gasteiger partial charge on any atom is -0.388 e. The van der Waals surface area contributed by atoms with Gasteiger partial charge in [0.25, 0.3) is 0 Å². The number of hydrogen-bond acceptors (Lipinski definition) is 7. The number of rotatable bonds is 14. The molecule has 0 bridgehead atoms. The molecule has 0 aliphatic heterocycles. The Morgan fingerprint density at radius 2 is 1.95 bits per heavy atom. The third kappa shape index (κ3) is 8.85. The molecule has 0 aliphatic rings. The van der Waals surface area contributed by atoms with Gasteiger partial charge < -0.3 is 21.5 Å². The Labute approximate surface area is 241 Å². The number of nitrogens with one attached hydrogen (secondary N) is 3. The number of hydrazine groups is 1. The number of imidazole rings is 1. The highest BCUT2D eigenvalue weighted by Gasteiger charge is 2.34. The van der Waals surface area contributed by atoms with Crippen LogP contribution in [0.2, 0.25) is 5.02 Å². The van der Waals surface area contributed by atoms with E-state index in [1.165, 1.54) is 23.5 Å². The number of halogens is 3. The minimum atomic E-state index is -3.38. The molecule has 0 fully saturated rings. The smallest absolute Gasteiger partial charge is 0.304 e. The number of anilines is 2. The van der Waals surface area contributed by atoms with Crippen LogP contribution in [0, 0.1) is 0 Å². The van der Waals surface area contributed by atoms with Crippen molar-refractivity contribution in [3.05, 3.63) is 71.1 Å². The van der Waals surface area contributed by atoms with Gasteiger partial charge >= 0.3 is 5.92 Å². The first-order valence-corrected chi connectivity index (χ1v) is 13.2. The van der Waals surface area contributed by atoms with Crippen LogP contribution in [-0.4, -0.2) is 41.0 Å². The van der Waals surface area contributed by atoms with Gasteiger partial charge in [0.2, 0.25) is 5.91 Å². The Morgan fingerprint density at radius 1 is 1.22 bits per heavy atom. The zero-order valence-corrected chi connectivity index (χ0v) is 23.5. The maximum Gasteiger partial charge on any atom is 0.304 e. The molecule has 1 atom stereocenters. The standard InChI is InChI=1S/C28H33ClF2N8O2/c1-18(40)28(30,31)14-4-3-5-23(27-35-16-24(38-27)19-6-10-22(34-2)11-7-19)37-26(41)13-8-20-15-21(29)9-12-25(20)39(33)17-36-32/h6-13,15-17,23,34H,3-5,14,32-33H2,1-2H3,(H,35,38)(H,37,41)/b13-8+,36-17-/t23-/m0/s1. The molecule has 7 N–H and O–H groups in total. The zero-order valence-electron chi connectivity index (χ0n) is 22.7. The van der Waals surface area contributed by atoms with Crippen molar-refractivity contribution in [3.63, 3.8) is 0 Å². The first-order chi connectivity index (χ1) is 19.5. The molecule has 13 heteroatoms. The predicted octanol–water partition coefficient (Wildman–Crippen LogP) is 5.01. The number of H-pyrrole nitrogens is 1. The van der Waals surface area contributed by atoms with E-state index in [0.29, 0.717) is 40.6 Å². The highest BCUT2D eigenvalue weighted by Crippen LogP contribution is 2.27. The third-order valence-electron chi connectivity index (χ3n) is 6.34. The number of aromatic nitrogens is 2. The molecule has 1 aromatic heterocycles. The van der Waals surface area contributed by atoms with Crippen molar-refractivity contribution in [2.45, 2.75) is 44.6 Å². The summed E-state index contributed by atoms with van der Waals surface area (Å²) in [4.78, 5) is 31.9. The average Bonchev–Trinajstić information content (AvgIpc) is 3.44. The monoisotopic (exact) mass is 586 g/mol. The number of benzene rings is 2. The average molecular weight is 587 g/mol. The molecule has 0 radical (unpaired) electrons. The summed E-state index contributed by atoms with van der Waals surface area (Å²) >= 11 is 6.13. The molecule has 218 valence electrons. The Kier molecular flexibility index (Phi) is 11.0. The summed E-state index contributed by atoms with van der Waals surface area (Å²) in [7, 11) is 1.82. The maximum atomic E-state index is 13.8. The molecular weight excluding hydrogens is 554 g/mol. The van der Waals surface area contributed by atoms with Gasteiger partial charge in [0.1, 0.15) is 12.2 Å². The van der Waals surface area contributed by atoms with Crippen molar-refractivity contribution in [1.29, 1.82) is 0 Å². The number of hydrazone groups is 1. The van der Waals surface area contributed by atoms with Gasteiger partial charge in [-0.2, -0.15) is 13.9 Å². The van der Waals surface area contributed by atoms with E-state index in [4.69, 9.17) is 23.3 Å². The maximum absolute atomic E-state index is 13.8. The van der Waals surface area contributed by atoms with E-state index in [9.17, 15) is 18.4 Å². The van der Waals surface area contributed by atoms with Gasteiger partial charge in [-0.1, -0.05) is 30.2 Å². The summed E-state index contributed by atoms with van der Waals surface area (Å²) in [5, 5.41) is 10.9. The number of carbonyl (C=O) groups excluding carboxylic acids is 2. The van der Waals surface area contributed by atoms with Crippen molar-refractivity contribution in [1.82, 2.24) is 15.3 Å². The topological polar surface area (TPSA) is 155 Å². The van der Waals surface area contributed by atoms with Gasteiger partial charge in [0.05, 0.1) is 17.4 Å². The van der Waals surface area contributed by atoms with Gasteiger partial charge in [-0.25, -0.2) is 10.8 Å². The van der Waals surface area contributed by atoms with Crippen LogP contribution < -0.4 is 27.3 Å². The lowest BCUT2D eigenvalue weighted by Gasteiger charge is -2.17. The van der Waals surface area contributed by atoms with Gasteiger partial charge in [-0.3, -0.25) is 14.6 Å². The number of ketones is 1. The van der Waals surface area contributed by atoms with E-state index in [0.717, 1.165) is 18.2 Å². The predicted molar refractivity (Wildman–Crippen MR) is 158 cm³/mol. The van der Waals surface area contributed by atoms with E-state index < -0.39 is 30.1 Å². The number of hydrogen-bond donors (Lipinski definition) is 5. The Morgan fingerprint density at radius 3 is 2.61 bits per heavy atom. The summed E-state index contributed by atoms with van der Waals surface area (Å²) in [6, 6.07) is 11.9. The Balaban J connectivity index is 1.79. The van der Waals surface area contributed by atoms with Gasteiger partial charge in [0, 0.05) is 54.5 Å². The first kappa shape index (κ1) is 31.2. The number of aromatic amines is 1. The van der Waals surface area contributed by atoms with Crippen LogP contribution >= 0.6 is 11.6 Å². The lowest BCUT2D eigenvalue weighted by molar-refractivity contribution is -0.141. The summed E-state index contributed by atoms with van der Waals surface area (Å²) in [5.41, 5.74) is 3.49. The van der Waals surface area contributed by atoms with E-state index in [-0.39, 0.29) is 6.42 Å². The highest BCUT2D eigenvalue weighted by molar-refractivity contribution is 6.30. The van der Waals surface area contributed by atoms with Gasteiger partial charge in [-0.05, 0) is 49.2 Å². The largest absolute Gasteiger partial charge is 0.388 e. The summed E-state index contributed by atoms with van der Waals surface area (Å²) in [6.45, 7) is 0.876. The van der Waals surface area contributed by atoms with Gasteiger partial charge in [0.15, 0.2) is 5.78 Å². The molecule has 0 aliphatic carbocycles. The molecule has 3 aromatic rings. The number of amides is 1. The van der Waals surface area contributed by atoms with Crippen molar-refractivity contribution < 1.29 is 18.4 Å². The number of nitrogens with two attached hydrogens (primary N) is 2. The van der Waals surface area contributed by atoms with Crippen molar-refractivity contribution in [2.24, 2.45) is 16.8 Å². The molecule has 0 saturated heterocycles. The fourth-order valence-corrected chi connectivity index (χ4v) is 4.21. The highest BCUT2D eigenvalue weighted by atomic mass is 35.5. The van der Waals surface area contributed by atoms with Crippen LogP contribution in [0.15, 0.2) is 59.8 Å². The van der Waals surface area contributed by atoms with E-state index in [2.05, 4.69) is 25.7 Å². The lowest BCUT2D eigenvalue weighted by Crippen LogP contribution is -2.30. The van der Waals surface area contributed by atoms with Crippen LogP contribution in [0.3, 0.4) is 0 Å². The molecule has 2 aromatic carbocycles. The zero-order chi connectivity index (χ0) is 30.0. The van der Waals surface area contributed by atoms with E-state index >= 15 is 0 Å². The quantitative estimate of drug-likeness (QED) is 0.0444.